The summed E-state index contributed by atoms with van der Waals surface area (Å²) in [5, 5.41) is 70.1. The molecule has 1 aliphatic rings. The first-order chi connectivity index (χ1) is 15.2. The van der Waals surface area contributed by atoms with Gasteiger partial charge in [-0.2, -0.15) is 0 Å². The number of benzene rings is 2. The average Bonchev–Trinajstić information content (AvgIpc) is 2.78. The molecule has 5 atom stereocenters. The normalized spacial score (nSPS) is 28.0. The number of aliphatic hydroxyl groups excluding tert-OH is 4. The molecule has 11 heteroatoms. The van der Waals surface area contributed by atoms with Gasteiger partial charge in [0, 0.05) is 17.7 Å². The molecule has 0 aliphatic carbocycles. The first-order valence-electron chi connectivity index (χ1n) is 9.48. The fourth-order valence-electron chi connectivity index (χ4n) is 3.46. The predicted octanol–water partition coefficient (Wildman–Crippen LogP) is -0.630. The SMILES string of the molecule is O=c1cc(-c2ccccc2)oc2cc(OC3(O)OC(CO)C(O)C(O)C3O)c(O)c(O)c12. The minimum Gasteiger partial charge on any atom is -0.504 e. The molecule has 1 aromatic heterocycles. The maximum Gasteiger partial charge on any atom is 0.355 e. The van der Waals surface area contributed by atoms with Gasteiger partial charge in [0.25, 0.3) is 0 Å². The predicted molar refractivity (Wildman–Crippen MR) is 107 cm³/mol. The van der Waals surface area contributed by atoms with Crippen molar-refractivity contribution in [1.82, 2.24) is 0 Å². The number of aromatic hydroxyl groups is 2. The Kier molecular flexibility index (Phi) is 5.54. The van der Waals surface area contributed by atoms with Crippen LogP contribution in [0, 0.1) is 0 Å². The van der Waals surface area contributed by atoms with Crippen molar-refractivity contribution in [3.05, 3.63) is 52.7 Å². The van der Waals surface area contributed by atoms with E-state index in [1.165, 1.54) is 0 Å². The van der Waals surface area contributed by atoms with E-state index in [9.17, 15) is 40.5 Å². The van der Waals surface area contributed by atoms with Crippen molar-refractivity contribution in [1.29, 1.82) is 0 Å². The molecule has 2 aromatic carbocycles. The van der Waals surface area contributed by atoms with Crippen LogP contribution in [-0.2, 0) is 4.74 Å². The molecule has 32 heavy (non-hydrogen) atoms. The van der Waals surface area contributed by atoms with Crippen LogP contribution in [0.5, 0.6) is 17.2 Å². The molecule has 0 spiro atoms. The lowest BCUT2D eigenvalue weighted by Crippen LogP contribution is -2.67. The Bertz CT molecular complexity index is 1190. The van der Waals surface area contributed by atoms with Crippen LogP contribution in [0.4, 0.5) is 0 Å². The maximum absolute atomic E-state index is 12.5. The molecule has 0 radical (unpaired) electrons. The van der Waals surface area contributed by atoms with Crippen LogP contribution >= 0.6 is 0 Å². The fraction of sp³-hybridized carbons (Fsp3) is 0.286. The summed E-state index contributed by atoms with van der Waals surface area (Å²) in [4.78, 5) is 12.5. The highest BCUT2D eigenvalue weighted by Crippen LogP contribution is 2.44. The maximum atomic E-state index is 12.5. The zero-order chi connectivity index (χ0) is 23.2. The number of rotatable bonds is 4. The summed E-state index contributed by atoms with van der Waals surface area (Å²) in [6, 6.07) is 10.7. The molecule has 11 nitrogen and oxygen atoms in total. The van der Waals surface area contributed by atoms with Gasteiger partial charge >= 0.3 is 5.97 Å². The summed E-state index contributed by atoms with van der Waals surface area (Å²) >= 11 is 0. The Morgan fingerprint density at radius 2 is 1.69 bits per heavy atom. The van der Waals surface area contributed by atoms with Crippen molar-refractivity contribution in [2.45, 2.75) is 30.4 Å². The van der Waals surface area contributed by atoms with Gasteiger partial charge < -0.3 is 49.6 Å². The van der Waals surface area contributed by atoms with Crippen molar-refractivity contribution in [3.8, 4) is 28.6 Å². The molecular formula is C21H20O11. The van der Waals surface area contributed by atoms with Crippen molar-refractivity contribution < 1.29 is 49.6 Å². The number of phenolic OH excluding ortho intramolecular Hbond substituents is 2. The van der Waals surface area contributed by atoms with Gasteiger partial charge in [0.2, 0.25) is 5.75 Å². The minimum atomic E-state index is -3.04. The molecule has 3 aromatic rings. The lowest BCUT2D eigenvalue weighted by molar-refractivity contribution is -0.422. The van der Waals surface area contributed by atoms with Crippen molar-refractivity contribution in [2.24, 2.45) is 0 Å². The first kappa shape index (κ1) is 22.0. The molecule has 2 heterocycles. The summed E-state index contributed by atoms with van der Waals surface area (Å²) < 4.78 is 15.8. The Balaban J connectivity index is 1.81. The quantitative estimate of drug-likeness (QED) is 0.199. The van der Waals surface area contributed by atoms with Crippen LogP contribution in [-0.4, -0.2) is 72.7 Å². The van der Waals surface area contributed by atoms with E-state index in [1.807, 2.05) is 0 Å². The minimum absolute atomic E-state index is 0.144. The Labute approximate surface area is 179 Å². The lowest BCUT2D eigenvalue weighted by atomic mass is 9.98. The highest BCUT2D eigenvalue weighted by Gasteiger charge is 2.55. The smallest absolute Gasteiger partial charge is 0.355 e. The van der Waals surface area contributed by atoms with Crippen molar-refractivity contribution >= 4 is 11.0 Å². The van der Waals surface area contributed by atoms with Gasteiger partial charge in [0.1, 0.15) is 35.0 Å². The molecule has 1 saturated heterocycles. The largest absolute Gasteiger partial charge is 0.504 e. The van der Waals surface area contributed by atoms with E-state index in [2.05, 4.69) is 0 Å². The monoisotopic (exact) mass is 448 g/mol. The van der Waals surface area contributed by atoms with Crippen molar-refractivity contribution in [3.63, 3.8) is 0 Å². The average molecular weight is 448 g/mol. The van der Waals surface area contributed by atoms with Crippen LogP contribution in [0.2, 0.25) is 0 Å². The third-order valence-electron chi connectivity index (χ3n) is 5.17. The Morgan fingerprint density at radius 3 is 2.34 bits per heavy atom. The van der Waals surface area contributed by atoms with Crippen LogP contribution in [0.1, 0.15) is 0 Å². The highest BCUT2D eigenvalue weighted by atomic mass is 16.8. The van der Waals surface area contributed by atoms with Crippen molar-refractivity contribution in [2.75, 3.05) is 6.61 Å². The van der Waals surface area contributed by atoms with Gasteiger partial charge in [-0.3, -0.25) is 4.79 Å². The molecule has 7 N–H and O–H groups in total. The number of phenols is 2. The van der Waals surface area contributed by atoms with Gasteiger partial charge in [0.05, 0.1) is 6.61 Å². The third kappa shape index (κ3) is 3.56. The van der Waals surface area contributed by atoms with Crippen LogP contribution in [0.15, 0.2) is 51.7 Å². The zero-order valence-electron chi connectivity index (χ0n) is 16.3. The number of hydrogen-bond donors (Lipinski definition) is 7. The van der Waals surface area contributed by atoms with E-state index in [1.54, 1.807) is 30.3 Å². The molecule has 1 fully saturated rings. The first-order valence-corrected chi connectivity index (χ1v) is 9.48. The van der Waals surface area contributed by atoms with Crippen LogP contribution < -0.4 is 10.2 Å². The summed E-state index contributed by atoms with van der Waals surface area (Å²) in [6.07, 6.45) is -7.51. The second-order valence-electron chi connectivity index (χ2n) is 7.28. The molecular weight excluding hydrogens is 428 g/mol. The molecule has 5 unspecified atom stereocenters. The van der Waals surface area contributed by atoms with E-state index in [0.29, 0.717) is 5.56 Å². The van der Waals surface area contributed by atoms with Crippen LogP contribution in [0.25, 0.3) is 22.3 Å². The number of ether oxygens (including phenoxy) is 2. The van der Waals surface area contributed by atoms with Gasteiger partial charge in [-0.25, -0.2) is 0 Å². The summed E-state index contributed by atoms with van der Waals surface area (Å²) in [6.45, 7) is -0.846. The molecule has 1 aliphatic heterocycles. The van der Waals surface area contributed by atoms with Crippen LogP contribution in [0.3, 0.4) is 0 Å². The molecule has 170 valence electrons. The third-order valence-corrected chi connectivity index (χ3v) is 5.17. The molecule has 0 saturated carbocycles. The summed E-state index contributed by atoms with van der Waals surface area (Å²) in [5.41, 5.74) is -0.347. The standard InChI is InChI=1S/C21H20O11/c22-8-14-17(25)19(27)20(28)21(29,32-14)31-13-7-12-15(18(26)16(13)24)10(23)6-11(30-12)9-4-2-1-3-5-9/h1-7,14,17,19-20,22,24-29H,8H2. The number of aliphatic hydroxyl groups is 5. The summed E-state index contributed by atoms with van der Waals surface area (Å²) in [5.74, 6) is -5.47. The molecule has 0 bridgehead atoms. The van der Waals surface area contributed by atoms with E-state index in [4.69, 9.17) is 13.9 Å². The van der Waals surface area contributed by atoms with Gasteiger partial charge in [0.15, 0.2) is 23.0 Å². The zero-order valence-corrected chi connectivity index (χ0v) is 16.3. The van der Waals surface area contributed by atoms with E-state index < -0.39 is 59.7 Å². The summed E-state index contributed by atoms with van der Waals surface area (Å²) in [7, 11) is 0. The second-order valence-corrected chi connectivity index (χ2v) is 7.28. The van der Waals surface area contributed by atoms with Gasteiger partial charge in [-0.15, -0.1) is 0 Å². The van der Waals surface area contributed by atoms with Gasteiger partial charge in [-0.05, 0) is 0 Å². The molecule has 4 rings (SSSR count). The Hall–Kier alpha value is -3.19. The van der Waals surface area contributed by atoms with E-state index in [-0.39, 0.29) is 16.7 Å². The lowest BCUT2D eigenvalue weighted by Gasteiger charge is -2.44. The fourth-order valence-corrected chi connectivity index (χ4v) is 3.46. The highest BCUT2D eigenvalue weighted by molar-refractivity contribution is 5.89. The van der Waals surface area contributed by atoms with E-state index >= 15 is 0 Å². The van der Waals surface area contributed by atoms with E-state index in [0.717, 1.165) is 12.1 Å². The Morgan fingerprint density at radius 1 is 1.00 bits per heavy atom. The second kappa shape index (κ2) is 8.06. The topological polar surface area (TPSA) is 190 Å². The number of fused-ring (bicyclic) bond motifs is 1. The molecule has 0 amide bonds. The van der Waals surface area contributed by atoms with Gasteiger partial charge in [-0.1, -0.05) is 30.3 Å². The number of hydrogen-bond acceptors (Lipinski definition) is 11.